The Morgan fingerprint density at radius 2 is 1.95 bits per heavy atom. The molecule has 1 aromatic heterocycles. The van der Waals surface area contributed by atoms with Gasteiger partial charge in [-0.15, -0.1) is 0 Å². The molecular weight excluding hydrogens is 359 g/mol. The summed E-state index contributed by atoms with van der Waals surface area (Å²) in [5, 5.41) is 10.3. The first kappa shape index (κ1) is 15.5. The topological polar surface area (TPSA) is 28.8 Å². The van der Waals surface area contributed by atoms with Crippen molar-refractivity contribution in [2.45, 2.75) is 52.0 Å². The number of benzene rings is 1. The fourth-order valence-corrected chi connectivity index (χ4v) is 3.30. The fourth-order valence-electron chi connectivity index (χ4n) is 3.30. The number of hydrogen-bond donors (Lipinski definition) is 1. The van der Waals surface area contributed by atoms with Crippen LogP contribution in [0.5, 0.6) is 0 Å². The number of nitrogens with zero attached hydrogens (tertiary/aromatic N) is 1. The minimum atomic E-state index is 0. The lowest BCUT2D eigenvalue weighted by Gasteiger charge is -2.17. The van der Waals surface area contributed by atoms with Crippen LogP contribution in [-0.2, 0) is 19.4 Å². The molecule has 0 aliphatic heterocycles. The Labute approximate surface area is 137 Å². The van der Waals surface area contributed by atoms with E-state index in [1.165, 1.54) is 42.5 Å². The number of aromatic nitrogens is 1. The van der Waals surface area contributed by atoms with Gasteiger partial charge in [-0.3, -0.25) is 5.41 Å². The number of hydrogen-bond acceptors (Lipinski definition) is 1. The average molecular weight is 381 g/mol. The highest BCUT2D eigenvalue weighted by Crippen LogP contribution is 2.24. The molecule has 0 fully saturated rings. The Morgan fingerprint density at radius 3 is 2.75 bits per heavy atom. The van der Waals surface area contributed by atoms with Gasteiger partial charge in [0.2, 0.25) is 0 Å². The molecule has 2 nitrogen and oxygen atoms in total. The van der Waals surface area contributed by atoms with Crippen molar-refractivity contribution in [3.8, 4) is 0 Å². The highest BCUT2D eigenvalue weighted by molar-refractivity contribution is 5.80. The molecule has 0 saturated carbocycles. The summed E-state index contributed by atoms with van der Waals surface area (Å²) in [6.07, 6.45) is 7.25. The summed E-state index contributed by atoms with van der Waals surface area (Å²) in [6, 6.07) is 8.43. The molecule has 0 amide bonds. The van der Waals surface area contributed by atoms with E-state index in [0.29, 0.717) is 0 Å². The number of pyridine rings is 1. The van der Waals surface area contributed by atoms with Gasteiger partial charge in [0, 0.05) is 17.6 Å². The minimum absolute atomic E-state index is 0. The zero-order valence-corrected chi connectivity index (χ0v) is 14.2. The lowest BCUT2D eigenvalue weighted by atomic mass is 10.1. The quantitative estimate of drug-likeness (QED) is 0.600. The first-order valence-corrected chi connectivity index (χ1v) is 7.51. The molecule has 0 saturated heterocycles. The number of unbranched alkanes of at least 4 members (excludes halogenated alkanes) is 2. The Bertz CT molecular complexity index is 658. The van der Waals surface area contributed by atoms with Crippen molar-refractivity contribution in [2.24, 2.45) is 0 Å². The van der Waals surface area contributed by atoms with E-state index in [1.807, 2.05) is 0 Å². The van der Waals surface area contributed by atoms with Crippen LogP contribution in [0, 0.1) is 5.41 Å². The number of halogens is 1. The molecule has 0 spiro atoms. The van der Waals surface area contributed by atoms with Crippen molar-refractivity contribution in [3.63, 3.8) is 0 Å². The zero-order valence-electron chi connectivity index (χ0n) is 12.1. The van der Waals surface area contributed by atoms with Crippen LogP contribution in [-0.4, -0.2) is 4.57 Å². The summed E-state index contributed by atoms with van der Waals surface area (Å²) in [7, 11) is 0. The predicted molar refractivity (Wildman–Crippen MR) is 79.3 cm³/mol. The van der Waals surface area contributed by atoms with Crippen LogP contribution in [0.15, 0.2) is 24.3 Å². The molecule has 0 radical (unpaired) electrons. The van der Waals surface area contributed by atoms with E-state index < -0.39 is 0 Å². The molecule has 1 aliphatic rings. The van der Waals surface area contributed by atoms with Gasteiger partial charge in [0.05, 0.1) is 10.9 Å². The van der Waals surface area contributed by atoms with Gasteiger partial charge in [-0.2, -0.15) is 0 Å². The van der Waals surface area contributed by atoms with E-state index in [-0.39, 0.29) is 24.0 Å². The number of para-hydroxylation sites is 1. The largest absolute Gasteiger partial charge is 1.00 e. The molecule has 20 heavy (non-hydrogen) atoms. The molecule has 3 heteroatoms. The molecule has 3 rings (SSSR count). The molecule has 0 bridgehead atoms. The Morgan fingerprint density at radius 1 is 1.15 bits per heavy atom. The normalized spacial score (nSPS) is 13.2. The molecule has 0 unspecified atom stereocenters. The molecule has 1 heterocycles. The standard InChI is InChI=1S/C17H22N2.HI/c1-2-3-6-12-19-15-10-5-4-8-13(15)17(18)14-9-7-11-16(14)19;/h4-5,8,10,18H,2-3,6-7,9,11-12H2,1H3;1H/p-1. The second kappa shape index (κ2) is 6.74. The van der Waals surface area contributed by atoms with E-state index >= 15 is 0 Å². The van der Waals surface area contributed by atoms with Gasteiger partial charge >= 0.3 is 0 Å². The molecule has 108 valence electrons. The van der Waals surface area contributed by atoms with Crippen molar-refractivity contribution in [1.82, 2.24) is 4.57 Å². The van der Waals surface area contributed by atoms with Crippen molar-refractivity contribution in [1.29, 1.82) is 5.41 Å². The van der Waals surface area contributed by atoms with E-state index in [9.17, 15) is 0 Å². The molecule has 1 aromatic carbocycles. The Balaban J connectivity index is 0.00000147. The van der Waals surface area contributed by atoms with E-state index in [0.717, 1.165) is 30.1 Å². The van der Waals surface area contributed by atoms with Crippen molar-refractivity contribution >= 4 is 10.9 Å². The lowest BCUT2D eigenvalue weighted by molar-refractivity contribution is -0.00000416. The van der Waals surface area contributed by atoms with Crippen LogP contribution in [0.2, 0.25) is 0 Å². The molecule has 1 N–H and O–H groups in total. The summed E-state index contributed by atoms with van der Waals surface area (Å²) in [5.74, 6) is 0. The fraction of sp³-hybridized carbons (Fsp3) is 0.471. The monoisotopic (exact) mass is 381 g/mol. The van der Waals surface area contributed by atoms with Crippen LogP contribution in [0.4, 0.5) is 0 Å². The summed E-state index contributed by atoms with van der Waals surface area (Å²) in [6.45, 7) is 3.36. The van der Waals surface area contributed by atoms with Gasteiger partial charge < -0.3 is 28.5 Å². The van der Waals surface area contributed by atoms with Crippen LogP contribution >= 0.6 is 0 Å². The van der Waals surface area contributed by atoms with Gasteiger partial charge in [-0.05, 0) is 37.3 Å². The smallest absolute Gasteiger partial charge is 0.0682 e. The highest BCUT2D eigenvalue weighted by Gasteiger charge is 2.18. The Hall–Kier alpha value is -0.840. The van der Waals surface area contributed by atoms with Crippen LogP contribution < -0.4 is 29.3 Å². The van der Waals surface area contributed by atoms with Gasteiger partial charge in [0.1, 0.15) is 0 Å². The van der Waals surface area contributed by atoms with Gasteiger partial charge in [0.25, 0.3) is 0 Å². The third-order valence-electron chi connectivity index (χ3n) is 4.27. The lowest BCUT2D eigenvalue weighted by Crippen LogP contribution is -3.00. The van der Waals surface area contributed by atoms with E-state index in [2.05, 4.69) is 35.8 Å². The summed E-state index contributed by atoms with van der Waals surface area (Å²) in [5.41, 5.74) is 3.99. The van der Waals surface area contributed by atoms with Crippen molar-refractivity contribution in [2.75, 3.05) is 0 Å². The van der Waals surface area contributed by atoms with Crippen LogP contribution in [0.1, 0.15) is 43.9 Å². The van der Waals surface area contributed by atoms with E-state index in [4.69, 9.17) is 5.41 Å². The number of rotatable bonds is 4. The number of fused-ring (bicyclic) bond motifs is 2. The molecular formula is C17H22IN2-. The number of nitrogens with one attached hydrogen (secondary N) is 1. The third kappa shape index (κ3) is 2.65. The molecule has 1 aliphatic carbocycles. The maximum absolute atomic E-state index is 8.42. The molecule has 2 aromatic rings. The van der Waals surface area contributed by atoms with Gasteiger partial charge in [-0.25, -0.2) is 0 Å². The van der Waals surface area contributed by atoms with Gasteiger partial charge in [0.15, 0.2) is 0 Å². The van der Waals surface area contributed by atoms with Crippen molar-refractivity contribution in [3.05, 3.63) is 40.9 Å². The SMILES string of the molecule is CCCCCn1c2c(c(=N)c3ccccc31)CCC2.[I-]. The maximum Gasteiger partial charge on any atom is 0.0682 e. The summed E-state index contributed by atoms with van der Waals surface area (Å²) < 4.78 is 2.49. The highest BCUT2D eigenvalue weighted by atomic mass is 127. The number of aryl methyl sites for hydroxylation is 1. The summed E-state index contributed by atoms with van der Waals surface area (Å²) in [4.78, 5) is 0. The second-order valence-electron chi connectivity index (χ2n) is 5.53. The molecule has 0 atom stereocenters. The first-order valence-electron chi connectivity index (χ1n) is 7.51. The van der Waals surface area contributed by atoms with E-state index in [1.54, 1.807) is 0 Å². The first-order chi connectivity index (χ1) is 9.33. The average Bonchev–Trinajstić information content (AvgIpc) is 2.92. The van der Waals surface area contributed by atoms with Crippen molar-refractivity contribution < 1.29 is 24.0 Å². The minimum Gasteiger partial charge on any atom is -1.00 e. The van der Waals surface area contributed by atoms with Gasteiger partial charge in [-0.1, -0.05) is 38.0 Å². The maximum atomic E-state index is 8.42. The third-order valence-corrected chi connectivity index (χ3v) is 4.27. The summed E-state index contributed by atoms with van der Waals surface area (Å²) >= 11 is 0. The van der Waals surface area contributed by atoms with Crippen LogP contribution in [0.3, 0.4) is 0 Å². The predicted octanol–water partition coefficient (Wildman–Crippen LogP) is 0.804. The zero-order chi connectivity index (χ0) is 13.2. The Kier molecular flexibility index (Phi) is 5.24. The second-order valence-corrected chi connectivity index (χ2v) is 5.53. The van der Waals surface area contributed by atoms with Crippen LogP contribution in [0.25, 0.3) is 10.9 Å².